The van der Waals surface area contributed by atoms with Crippen molar-refractivity contribution in [2.45, 2.75) is 0 Å². The van der Waals surface area contributed by atoms with E-state index in [9.17, 15) is 14.4 Å². The van der Waals surface area contributed by atoms with E-state index in [0.29, 0.717) is 22.9 Å². The van der Waals surface area contributed by atoms with Crippen LogP contribution in [0, 0.1) is 0 Å². The lowest BCUT2D eigenvalue weighted by molar-refractivity contribution is 0.0967. The Bertz CT molecular complexity index is 814. The fourth-order valence-electron chi connectivity index (χ4n) is 2.09. The van der Waals surface area contributed by atoms with Crippen LogP contribution in [0.25, 0.3) is 0 Å². The summed E-state index contributed by atoms with van der Waals surface area (Å²) in [6, 6.07) is 8.73. The molecule has 0 atom stereocenters. The number of anilines is 1. The van der Waals surface area contributed by atoms with E-state index in [2.05, 4.69) is 15.8 Å². The van der Waals surface area contributed by atoms with Crippen molar-refractivity contribution < 1.29 is 18.9 Å². The Hall–Kier alpha value is -2.87. The number of ketones is 2. The molecule has 1 aromatic heterocycles. The number of carbonyl (C=O) groups excluding carboxylic acids is 3. The van der Waals surface area contributed by atoms with Crippen LogP contribution in [0.15, 0.2) is 52.0 Å². The highest BCUT2D eigenvalue weighted by Gasteiger charge is 2.29. The lowest BCUT2D eigenvalue weighted by Crippen LogP contribution is -2.30. The predicted molar refractivity (Wildman–Crippen MR) is 89.2 cm³/mol. The largest absolute Gasteiger partial charge is 0.352 e. The van der Waals surface area contributed by atoms with E-state index in [1.54, 1.807) is 12.1 Å². The maximum atomic E-state index is 12.2. The molecule has 122 valence electrons. The molecule has 0 aliphatic heterocycles. The molecule has 0 unspecified atom stereocenters. The van der Waals surface area contributed by atoms with Crippen LogP contribution >= 0.6 is 11.8 Å². The number of carbonyl (C=O) groups is 3. The summed E-state index contributed by atoms with van der Waals surface area (Å²) in [6.07, 6.45) is 2.49. The van der Waals surface area contributed by atoms with Gasteiger partial charge >= 0.3 is 6.03 Å². The molecule has 8 heteroatoms. The molecule has 2 N–H and O–H groups in total. The second kappa shape index (κ2) is 7.14. The zero-order valence-electron chi connectivity index (χ0n) is 12.4. The van der Waals surface area contributed by atoms with Gasteiger partial charge < -0.3 is 15.2 Å². The Morgan fingerprint density at radius 3 is 2.79 bits per heavy atom. The molecule has 1 heterocycles. The van der Waals surface area contributed by atoms with Gasteiger partial charge in [0.25, 0.3) is 0 Å². The van der Waals surface area contributed by atoms with E-state index < -0.39 is 0 Å². The summed E-state index contributed by atoms with van der Waals surface area (Å²) in [6.45, 7) is 0.346. The van der Waals surface area contributed by atoms with Crippen LogP contribution in [0.5, 0.6) is 0 Å². The summed E-state index contributed by atoms with van der Waals surface area (Å²) in [5.74, 6) is -0.234. The van der Waals surface area contributed by atoms with Crippen LogP contribution in [0.4, 0.5) is 10.5 Å². The van der Waals surface area contributed by atoms with Gasteiger partial charge in [0, 0.05) is 24.1 Å². The molecular weight excluding hydrogens is 330 g/mol. The minimum absolute atomic E-state index is 0.0234. The second-order valence-corrected chi connectivity index (χ2v) is 6.00. The third kappa shape index (κ3) is 3.54. The molecule has 1 aliphatic rings. The summed E-state index contributed by atoms with van der Waals surface area (Å²) in [4.78, 5) is 36.0. The summed E-state index contributed by atoms with van der Waals surface area (Å²) in [5.41, 5.74) is 0.873. The van der Waals surface area contributed by atoms with Crippen LogP contribution in [-0.2, 0) is 0 Å². The quantitative estimate of drug-likeness (QED) is 0.809. The molecule has 7 nitrogen and oxygen atoms in total. The van der Waals surface area contributed by atoms with Crippen LogP contribution in [0.3, 0.4) is 0 Å². The van der Waals surface area contributed by atoms with Crippen molar-refractivity contribution in [2.24, 2.45) is 0 Å². The average Bonchev–Trinajstić information content (AvgIpc) is 3.07. The second-order valence-electron chi connectivity index (χ2n) is 4.87. The lowest BCUT2D eigenvalue weighted by Gasteiger charge is -2.10. The van der Waals surface area contributed by atoms with Gasteiger partial charge in [0.2, 0.25) is 17.3 Å². The molecule has 24 heavy (non-hydrogen) atoms. The normalized spacial score (nSPS) is 13.2. The van der Waals surface area contributed by atoms with E-state index in [0.717, 1.165) is 0 Å². The van der Waals surface area contributed by atoms with Crippen LogP contribution in [-0.4, -0.2) is 35.1 Å². The van der Waals surface area contributed by atoms with Gasteiger partial charge in [-0.2, -0.15) is 0 Å². The summed E-state index contributed by atoms with van der Waals surface area (Å²) >= 11 is 1.20. The number of benzene rings is 1. The van der Waals surface area contributed by atoms with Crippen molar-refractivity contribution in [3.8, 4) is 0 Å². The van der Waals surface area contributed by atoms with Crippen molar-refractivity contribution in [2.75, 3.05) is 17.6 Å². The molecule has 0 radical (unpaired) electrons. The number of hydrogen-bond donors (Lipinski definition) is 2. The van der Waals surface area contributed by atoms with Crippen molar-refractivity contribution in [3.63, 3.8) is 0 Å². The van der Waals surface area contributed by atoms with Gasteiger partial charge in [-0.1, -0.05) is 23.4 Å². The number of Topliss-reactive ketones (excluding diaryl/α,β-unsaturated/α-hetero) is 1. The predicted octanol–water partition coefficient (Wildman–Crippen LogP) is 2.49. The van der Waals surface area contributed by atoms with Crippen LogP contribution in [0.1, 0.15) is 20.9 Å². The number of rotatable bonds is 5. The van der Waals surface area contributed by atoms with Crippen molar-refractivity contribution in [1.82, 2.24) is 10.5 Å². The van der Waals surface area contributed by atoms with Crippen molar-refractivity contribution in [1.29, 1.82) is 0 Å². The number of fused-ring (bicyclic) bond motifs is 1. The smallest absolute Gasteiger partial charge is 0.319 e. The van der Waals surface area contributed by atoms with Gasteiger partial charge in [0.05, 0.1) is 16.7 Å². The first-order valence-corrected chi connectivity index (χ1v) is 8.12. The Labute approximate surface area is 141 Å². The number of para-hydroxylation sites is 1. The van der Waals surface area contributed by atoms with E-state index in [4.69, 9.17) is 4.52 Å². The zero-order valence-corrected chi connectivity index (χ0v) is 13.3. The Kier molecular flexibility index (Phi) is 4.76. The number of nitrogens with zero attached hydrogens (tertiary/aromatic N) is 1. The highest BCUT2D eigenvalue weighted by atomic mass is 32.2. The lowest BCUT2D eigenvalue weighted by atomic mass is 10.0. The number of nitrogens with one attached hydrogen (secondary N) is 2. The van der Waals surface area contributed by atoms with E-state index in [1.807, 2.05) is 18.2 Å². The molecule has 2 amide bonds. The number of urea groups is 1. The number of allylic oxidation sites excluding steroid dienone is 2. The Morgan fingerprint density at radius 1 is 1.21 bits per heavy atom. The Balaban J connectivity index is 1.46. The topological polar surface area (TPSA) is 101 Å². The molecule has 0 fully saturated rings. The zero-order chi connectivity index (χ0) is 16.9. The van der Waals surface area contributed by atoms with Gasteiger partial charge in [-0.05, 0) is 12.1 Å². The number of amides is 2. The molecule has 1 aromatic carbocycles. The molecule has 3 rings (SSSR count). The average molecular weight is 343 g/mol. The maximum absolute atomic E-state index is 12.2. The van der Waals surface area contributed by atoms with E-state index >= 15 is 0 Å². The van der Waals surface area contributed by atoms with Gasteiger partial charge in [0.15, 0.2) is 0 Å². The number of hydrogen-bond acceptors (Lipinski definition) is 6. The van der Waals surface area contributed by atoms with E-state index in [-0.39, 0.29) is 28.9 Å². The third-order valence-corrected chi connectivity index (χ3v) is 4.22. The van der Waals surface area contributed by atoms with Gasteiger partial charge in [-0.3, -0.25) is 9.59 Å². The highest BCUT2D eigenvalue weighted by Crippen LogP contribution is 2.27. The molecule has 2 aromatic rings. The fourth-order valence-corrected chi connectivity index (χ4v) is 2.95. The van der Waals surface area contributed by atoms with Gasteiger partial charge in [-0.15, -0.1) is 11.8 Å². The first kappa shape index (κ1) is 16.0. The third-order valence-electron chi connectivity index (χ3n) is 3.20. The standard InChI is InChI=1S/C16H13N3O4S/c20-12-8-13(14(21)11-9-18-23-15(11)12)24-7-6-17-16(22)19-10-4-2-1-3-5-10/h1-5,8-9H,6-7H2,(H2,17,19,22). The number of aromatic nitrogens is 1. The monoisotopic (exact) mass is 343 g/mol. The summed E-state index contributed by atoms with van der Waals surface area (Å²) in [5, 5.41) is 8.85. The van der Waals surface area contributed by atoms with Crippen LogP contribution in [0.2, 0.25) is 0 Å². The Morgan fingerprint density at radius 2 is 2.00 bits per heavy atom. The highest BCUT2D eigenvalue weighted by molar-refractivity contribution is 8.04. The molecule has 1 aliphatic carbocycles. The molecule has 0 saturated heterocycles. The fraction of sp³-hybridized carbons (Fsp3) is 0.125. The van der Waals surface area contributed by atoms with Crippen molar-refractivity contribution in [3.05, 3.63) is 58.8 Å². The summed E-state index contributed by atoms with van der Waals surface area (Å²) in [7, 11) is 0. The molecule has 0 spiro atoms. The van der Waals surface area contributed by atoms with Crippen molar-refractivity contribution >= 4 is 35.0 Å². The number of thioether (sulfide) groups is 1. The summed E-state index contributed by atoms with van der Waals surface area (Å²) < 4.78 is 4.76. The molecule has 0 bridgehead atoms. The first-order chi connectivity index (χ1) is 11.6. The molecular formula is C16H13N3O4S. The maximum Gasteiger partial charge on any atom is 0.319 e. The minimum Gasteiger partial charge on any atom is -0.352 e. The minimum atomic E-state index is -0.376. The first-order valence-electron chi connectivity index (χ1n) is 7.13. The van der Waals surface area contributed by atoms with Gasteiger partial charge in [0.1, 0.15) is 0 Å². The van der Waals surface area contributed by atoms with E-state index in [1.165, 1.54) is 24.0 Å². The van der Waals surface area contributed by atoms with Gasteiger partial charge in [-0.25, -0.2) is 4.79 Å². The SMILES string of the molecule is O=C(NCCSC1=CC(=O)c2oncc2C1=O)Nc1ccccc1. The molecule has 0 saturated carbocycles. The van der Waals surface area contributed by atoms with Crippen LogP contribution < -0.4 is 10.6 Å².